The molecule has 0 fully saturated rings. The van der Waals surface area contributed by atoms with Crippen molar-refractivity contribution in [3.8, 4) is 0 Å². The second-order valence-electron chi connectivity index (χ2n) is 4.91. The first-order valence-corrected chi connectivity index (χ1v) is 6.56. The van der Waals surface area contributed by atoms with Crippen LogP contribution in [-0.2, 0) is 11.3 Å². The fourth-order valence-corrected chi connectivity index (χ4v) is 2.44. The summed E-state index contributed by atoms with van der Waals surface area (Å²) in [5, 5.41) is 10.5. The molecule has 2 aromatic rings. The summed E-state index contributed by atoms with van der Waals surface area (Å²) in [7, 11) is 1.56. The van der Waals surface area contributed by atoms with Gasteiger partial charge in [0, 0.05) is 19.3 Å². The molecule has 110 valence electrons. The molecule has 3 heterocycles. The van der Waals surface area contributed by atoms with E-state index in [1.54, 1.807) is 41.9 Å². The first kappa shape index (κ1) is 13.3. The molecule has 1 N–H and O–H groups in total. The molecule has 8 heteroatoms. The standard InChI is InChI=1S/C13H15N5O3/c1-8-5-10(16-21-8)13(20)17-6-9-3-4-15-18(9)11(7-17)12(19)14-2/h3-5,11H,6-7H2,1-2H3,(H,14,19). The highest BCUT2D eigenvalue weighted by Gasteiger charge is 2.33. The molecule has 8 nitrogen and oxygen atoms in total. The fraction of sp³-hybridized carbons (Fsp3) is 0.385. The van der Waals surface area contributed by atoms with Crippen LogP contribution in [0.15, 0.2) is 22.9 Å². The predicted octanol–water partition coefficient (Wildman–Crippen LogP) is 0.123. The van der Waals surface area contributed by atoms with Gasteiger partial charge >= 0.3 is 0 Å². The smallest absolute Gasteiger partial charge is 0.276 e. The molecule has 0 saturated heterocycles. The third-order valence-corrected chi connectivity index (χ3v) is 3.48. The van der Waals surface area contributed by atoms with E-state index in [9.17, 15) is 9.59 Å². The Balaban J connectivity index is 1.89. The van der Waals surface area contributed by atoms with Crippen molar-refractivity contribution >= 4 is 11.8 Å². The van der Waals surface area contributed by atoms with Gasteiger partial charge in [-0.15, -0.1) is 0 Å². The molecule has 1 unspecified atom stereocenters. The predicted molar refractivity (Wildman–Crippen MR) is 71.3 cm³/mol. The average Bonchev–Trinajstić information content (AvgIpc) is 3.12. The van der Waals surface area contributed by atoms with Crippen LogP contribution in [0.4, 0.5) is 0 Å². The van der Waals surface area contributed by atoms with E-state index < -0.39 is 6.04 Å². The zero-order valence-electron chi connectivity index (χ0n) is 11.7. The van der Waals surface area contributed by atoms with E-state index >= 15 is 0 Å². The lowest BCUT2D eigenvalue weighted by Gasteiger charge is -2.32. The van der Waals surface area contributed by atoms with Gasteiger partial charge in [0.15, 0.2) is 5.69 Å². The summed E-state index contributed by atoms with van der Waals surface area (Å²) in [5.41, 5.74) is 1.06. The number of carbonyl (C=O) groups excluding carboxylic acids is 2. The lowest BCUT2D eigenvalue weighted by molar-refractivity contribution is -0.125. The molecule has 1 atom stereocenters. The van der Waals surface area contributed by atoms with Crippen molar-refractivity contribution in [2.45, 2.75) is 19.5 Å². The Morgan fingerprint density at radius 2 is 2.29 bits per heavy atom. The van der Waals surface area contributed by atoms with Crippen LogP contribution >= 0.6 is 0 Å². The van der Waals surface area contributed by atoms with Crippen LogP contribution in [0.3, 0.4) is 0 Å². The number of nitrogens with one attached hydrogen (secondary N) is 1. The van der Waals surface area contributed by atoms with Crippen LogP contribution in [0, 0.1) is 6.92 Å². The number of hydrogen-bond acceptors (Lipinski definition) is 5. The Morgan fingerprint density at radius 1 is 1.48 bits per heavy atom. The fourth-order valence-electron chi connectivity index (χ4n) is 2.44. The Labute approximate surface area is 120 Å². The van der Waals surface area contributed by atoms with Gasteiger partial charge in [-0.05, 0) is 13.0 Å². The molecular formula is C13H15N5O3. The molecule has 21 heavy (non-hydrogen) atoms. The molecule has 1 aliphatic heterocycles. The summed E-state index contributed by atoms with van der Waals surface area (Å²) in [6.45, 7) is 2.36. The number of amides is 2. The van der Waals surface area contributed by atoms with Crippen LogP contribution in [0.1, 0.15) is 28.0 Å². The second-order valence-corrected chi connectivity index (χ2v) is 4.91. The number of likely N-dealkylation sites (N-methyl/N-ethyl adjacent to an activating group) is 1. The highest BCUT2D eigenvalue weighted by Crippen LogP contribution is 2.22. The molecule has 0 bridgehead atoms. The highest BCUT2D eigenvalue weighted by molar-refractivity contribution is 5.93. The van der Waals surface area contributed by atoms with Crippen molar-refractivity contribution in [2.24, 2.45) is 0 Å². The summed E-state index contributed by atoms with van der Waals surface area (Å²) < 4.78 is 6.58. The maximum absolute atomic E-state index is 12.4. The van der Waals surface area contributed by atoms with Crippen molar-refractivity contribution in [1.82, 2.24) is 25.2 Å². The van der Waals surface area contributed by atoms with Crippen LogP contribution in [0.2, 0.25) is 0 Å². The molecule has 2 amide bonds. The van der Waals surface area contributed by atoms with E-state index in [-0.39, 0.29) is 24.1 Å². The van der Waals surface area contributed by atoms with Gasteiger partial charge in [-0.3, -0.25) is 14.3 Å². The first-order chi connectivity index (χ1) is 10.1. The second kappa shape index (κ2) is 5.04. The first-order valence-electron chi connectivity index (χ1n) is 6.56. The van der Waals surface area contributed by atoms with Gasteiger partial charge in [0.25, 0.3) is 5.91 Å². The third kappa shape index (κ3) is 2.28. The average molecular weight is 289 g/mol. The molecule has 0 aromatic carbocycles. The van der Waals surface area contributed by atoms with E-state index in [0.29, 0.717) is 12.3 Å². The van der Waals surface area contributed by atoms with E-state index in [0.717, 1.165) is 5.69 Å². The zero-order chi connectivity index (χ0) is 15.0. The number of nitrogens with zero attached hydrogens (tertiary/aromatic N) is 4. The van der Waals surface area contributed by atoms with Crippen molar-refractivity contribution < 1.29 is 14.1 Å². The highest BCUT2D eigenvalue weighted by atomic mass is 16.5. The maximum atomic E-state index is 12.4. The summed E-state index contributed by atoms with van der Waals surface area (Å²) in [6, 6.07) is 2.85. The number of aryl methyl sites for hydroxylation is 1. The summed E-state index contributed by atoms with van der Waals surface area (Å²) in [4.78, 5) is 26.0. The van der Waals surface area contributed by atoms with Gasteiger partial charge in [-0.25, -0.2) is 0 Å². The Kier molecular flexibility index (Phi) is 3.20. The van der Waals surface area contributed by atoms with Crippen LogP contribution in [0.5, 0.6) is 0 Å². The number of rotatable bonds is 2. The van der Waals surface area contributed by atoms with E-state index in [1.165, 1.54) is 0 Å². The van der Waals surface area contributed by atoms with Crippen molar-refractivity contribution in [3.05, 3.63) is 35.5 Å². The van der Waals surface area contributed by atoms with Crippen molar-refractivity contribution in [2.75, 3.05) is 13.6 Å². The third-order valence-electron chi connectivity index (χ3n) is 3.48. The monoisotopic (exact) mass is 289 g/mol. The molecule has 0 saturated carbocycles. The molecule has 3 rings (SSSR count). The van der Waals surface area contributed by atoms with Gasteiger partial charge in [-0.1, -0.05) is 5.16 Å². The van der Waals surface area contributed by atoms with E-state index in [1.807, 2.05) is 0 Å². The summed E-state index contributed by atoms with van der Waals surface area (Å²) >= 11 is 0. The lowest BCUT2D eigenvalue weighted by Crippen LogP contribution is -2.46. The van der Waals surface area contributed by atoms with Gasteiger partial charge in [0.05, 0.1) is 18.8 Å². The van der Waals surface area contributed by atoms with E-state index in [4.69, 9.17) is 4.52 Å². The van der Waals surface area contributed by atoms with Crippen LogP contribution < -0.4 is 5.32 Å². The largest absolute Gasteiger partial charge is 0.361 e. The SMILES string of the molecule is CNC(=O)C1CN(C(=O)c2cc(C)on2)Cc2ccnn21. The lowest BCUT2D eigenvalue weighted by atomic mass is 10.1. The van der Waals surface area contributed by atoms with Crippen molar-refractivity contribution in [3.63, 3.8) is 0 Å². The molecule has 0 spiro atoms. The summed E-state index contributed by atoms with van der Waals surface area (Å²) in [5.74, 6) is 0.130. The Morgan fingerprint density at radius 3 is 2.95 bits per heavy atom. The topological polar surface area (TPSA) is 93.3 Å². The van der Waals surface area contributed by atoms with Gasteiger partial charge in [0.1, 0.15) is 11.8 Å². The zero-order valence-corrected chi connectivity index (χ0v) is 11.7. The van der Waals surface area contributed by atoms with Crippen molar-refractivity contribution in [1.29, 1.82) is 0 Å². The summed E-state index contributed by atoms with van der Waals surface area (Å²) in [6.07, 6.45) is 1.62. The molecular weight excluding hydrogens is 274 g/mol. The number of fused-ring (bicyclic) bond motifs is 1. The number of carbonyl (C=O) groups is 2. The Hall–Kier alpha value is -2.64. The Bertz CT molecular complexity index is 690. The molecule has 1 aliphatic rings. The minimum atomic E-state index is -0.536. The van der Waals surface area contributed by atoms with Crippen LogP contribution in [-0.4, -0.2) is 45.2 Å². The minimum absolute atomic E-state index is 0.186. The van der Waals surface area contributed by atoms with E-state index in [2.05, 4.69) is 15.6 Å². The number of aromatic nitrogens is 3. The van der Waals surface area contributed by atoms with Gasteiger partial charge < -0.3 is 14.7 Å². The minimum Gasteiger partial charge on any atom is -0.361 e. The molecule has 0 aliphatic carbocycles. The molecule has 0 radical (unpaired) electrons. The maximum Gasteiger partial charge on any atom is 0.276 e. The van der Waals surface area contributed by atoms with Crippen LogP contribution in [0.25, 0.3) is 0 Å². The molecule has 2 aromatic heterocycles. The normalized spacial score (nSPS) is 17.4. The quantitative estimate of drug-likeness (QED) is 0.847. The van der Waals surface area contributed by atoms with Gasteiger partial charge in [0.2, 0.25) is 5.91 Å². The number of hydrogen-bond donors (Lipinski definition) is 1. The van der Waals surface area contributed by atoms with Gasteiger partial charge in [-0.2, -0.15) is 5.10 Å².